The van der Waals surface area contributed by atoms with Crippen LogP contribution in [0.1, 0.15) is 175 Å². The zero-order valence-electron chi connectivity index (χ0n) is 46.9. The van der Waals surface area contributed by atoms with Crippen LogP contribution in [0.4, 0.5) is 45.5 Å². The minimum atomic E-state index is -0.253. The van der Waals surface area contributed by atoms with Crippen LogP contribution in [-0.2, 0) is 32.5 Å². The molecule has 0 bridgehead atoms. The summed E-state index contributed by atoms with van der Waals surface area (Å²) >= 11 is 0. The number of rotatable bonds is 4. The van der Waals surface area contributed by atoms with Gasteiger partial charge in [-0.15, -0.1) is 0 Å². The average Bonchev–Trinajstić information content (AvgIpc) is 3.54. The molecule has 1 aliphatic carbocycles. The fraction of sp³-hybridized carbons (Fsp3) is 0.391. The molecular weight excluding hydrogens is 882 g/mol. The van der Waals surface area contributed by atoms with E-state index in [2.05, 4.69) is 259 Å². The van der Waals surface area contributed by atoms with Crippen LogP contribution >= 0.6 is 0 Å². The Labute approximate surface area is 439 Å². The molecule has 73 heavy (non-hydrogen) atoms. The highest BCUT2D eigenvalue weighted by Crippen LogP contribution is 2.63. The SMILES string of the molecule is CC(C)(C)c1ccc(N2c3cc(N4c5ccc(-c6ccccc6)cc5C5(C)CCCCC45C)cc4c3B3c5c(cccc5C(C)(C)c5cc(C(C)(C)C)cc2c53)N4c2cc(C(C)(C)C)cc(C(C)(C)C)c2)cc1. The molecule has 0 spiro atoms. The third kappa shape index (κ3) is 6.97. The van der Waals surface area contributed by atoms with E-state index in [4.69, 9.17) is 0 Å². The second kappa shape index (κ2) is 15.5. The molecule has 3 nitrogen and oxygen atoms in total. The molecule has 1 fully saturated rings. The van der Waals surface area contributed by atoms with Crippen molar-refractivity contribution in [2.24, 2.45) is 0 Å². The van der Waals surface area contributed by atoms with E-state index < -0.39 is 0 Å². The van der Waals surface area contributed by atoms with Crippen molar-refractivity contribution >= 4 is 68.6 Å². The number of hydrogen-bond acceptors (Lipinski definition) is 3. The van der Waals surface area contributed by atoms with Gasteiger partial charge in [0.2, 0.25) is 0 Å². The summed E-state index contributed by atoms with van der Waals surface area (Å²) in [6, 6.07) is 53.3. The molecule has 0 amide bonds. The van der Waals surface area contributed by atoms with Crippen LogP contribution in [0.3, 0.4) is 0 Å². The first-order valence-corrected chi connectivity index (χ1v) is 27.6. The highest BCUT2D eigenvalue weighted by Gasteiger charge is 2.59. The first-order valence-electron chi connectivity index (χ1n) is 27.6. The molecular formula is C69H78BN3. The zero-order valence-corrected chi connectivity index (χ0v) is 46.9. The summed E-state index contributed by atoms with van der Waals surface area (Å²) in [7, 11) is 0. The van der Waals surface area contributed by atoms with Crippen molar-refractivity contribution in [2.45, 2.75) is 174 Å². The van der Waals surface area contributed by atoms with Gasteiger partial charge in [-0.25, -0.2) is 0 Å². The second-order valence-electron chi connectivity index (χ2n) is 27.9. The van der Waals surface area contributed by atoms with Gasteiger partial charge >= 0.3 is 0 Å². The van der Waals surface area contributed by atoms with Gasteiger partial charge < -0.3 is 14.7 Å². The molecule has 4 heterocycles. The fourth-order valence-corrected chi connectivity index (χ4v) is 14.1. The molecule has 0 saturated heterocycles. The average molecular weight is 960 g/mol. The van der Waals surface area contributed by atoms with Crippen LogP contribution in [-0.4, -0.2) is 12.3 Å². The van der Waals surface area contributed by atoms with Gasteiger partial charge in [0.05, 0.1) is 5.54 Å². The molecule has 0 aromatic heterocycles. The largest absolute Gasteiger partial charge is 0.334 e. The molecule has 7 aromatic rings. The van der Waals surface area contributed by atoms with Gasteiger partial charge in [-0.2, -0.15) is 0 Å². The second-order valence-corrected chi connectivity index (χ2v) is 27.9. The lowest BCUT2D eigenvalue weighted by Crippen LogP contribution is -2.67. The normalized spacial score (nSPS) is 20.5. The van der Waals surface area contributed by atoms with E-state index in [-0.39, 0.29) is 44.7 Å². The van der Waals surface area contributed by atoms with Gasteiger partial charge in [0.15, 0.2) is 0 Å². The Balaban J connectivity index is 1.23. The van der Waals surface area contributed by atoms with E-state index in [1.165, 1.54) is 125 Å². The minimum Gasteiger partial charge on any atom is -0.334 e. The topological polar surface area (TPSA) is 9.72 Å². The van der Waals surface area contributed by atoms with Crippen molar-refractivity contribution < 1.29 is 0 Å². The molecule has 1 saturated carbocycles. The third-order valence-electron chi connectivity index (χ3n) is 18.8. The number of fused-ring (bicyclic) bond motifs is 3. The zero-order chi connectivity index (χ0) is 51.7. The van der Waals surface area contributed by atoms with Crippen LogP contribution in [0.2, 0.25) is 0 Å². The predicted octanol–water partition coefficient (Wildman–Crippen LogP) is 17.0. The van der Waals surface area contributed by atoms with Crippen molar-refractivity contribution in [2.75, 3.05) is 14.7 Å². The Morgan fingerprint density at radius 1 is 0.384 bits per heavy atom. The molecule has 2 unspecified atom stereocenters. The van der Waals surface area contributed by atoms with Gasteiger partial charge in [-0.05, 0) is 169 Å². The van der Waals surface area contributed by atoms with E-state index in [0.717, 1.165) is 12.8 Å². The van der Waals surface area contributed by atoms with Crippen LogP contribution in [0.5, 0.6) is 0 Å². The molecule has 372 valence electrons. The lowest BCUT2D eigenvalue weighted by Gasteiger charge is -2.52. The summed E-state index contributed by atoms with van der Waals surface area (Å²) in [6.45, 7) is 38.7. The molecule has 0 radical (unpaired) electrons. The van der Waals surface area contributed by atoms with E-state index in [1.807, 2.05) is 0 Å². The fourth-order valence-electron chi connectivity index (χ4n) is 14.1. The van der Waals surface area contributed by atoms with Crippen LogP contribution < -0.4 is 31.1 Å². The van der Waals surface area contributed by atoms with Gasteiger partial charge in [0.1, 0.15) is 0 Å². The molecule has 2 atom stereocenters. The van der Waals surface area contributed by atoms with E-state index >= 15 is 0 Å². The Kier molecular flexibility index (Phi) is 10.2. The number of benzene rings is 7. The highest BCUT2D eigenvalue weighted by atomic mass is 15.3. The van der Waals surface area contributed by atoms with Crippen molar-refractivity contribution in [3.8, 4) is 11.1 Å². The maximum absolute atomic E-state index is 2.83. The summed E-state index contributed by atoms with van der Waals surface area (Å²) < 4.78 is 0. The molecule has 12 rings (SSSR count). The van der Waals surface area contributed by atoms with Crippen LogP contribution in [0.25, 0.3) is 11.1 Å². The number of hydrogen-bond donors (Lipinski definition) is 0. The first kappa shape index (κ1) is 48.0. The van der Waals surface area contributed by atoms with Gasteiger partial charge in [0.25, 0.3) is 6.71 Å². The summed E-state index contributed by atoms with van der Waals surface area (Å²) in [6.07, 6.45) is 4.74. The van der Waals surface area contributed by atoms with Crippen molar-refractivity contribution in [1.82, 2.24) is 0 Å². The predicted molar refractivity (Wildman–Crippen MR) is 316 cm³/mol. The maximum atomic E-state index is 2.83. The summed E-state index contributed by atoms with van der Waals surface area (Å²) in [4.78, 5) is 8.26. The van der Waals surface area contributed by atoms with Crippen molar-refractivity contribution in [3.63, 3.8) is 0 Å². The Morgan fingerprint density at radius 3 is 1.56 bits per heavy atom. The van der Waals surface area contributed by atoms with Gasteiger partial charge in [-0.3, -0.25) is 0 Å². The van der Waals surface area contributed by atoms with Crippen LogP contribution in [0.15, 0.2) is 133 Å². The smallest absolute Gasteiger partial charge is 0.252 e. The standard InChI is InChI=1S/C69H78BN3/c1-63(2,3)45-28-30-49(31-29-45)71-57-40-48(66(10,11)12)39-54-61(57)70-60-52(67(54,13)14)25-22-26-56(60)72(50-37-46(64(4,5)6)36-47(38-50)65(7,8)9)59-42-51(41-58(71)62(59)70)73-55-32-27-44(43-23-18-17-19-24-43)35-53(55)68(15)33-20-21-34-69(68,73)16/h17-19,22-32,35-42H,20-21,33-34H2,1-16H3. The first-order chi connectivity index (χ1) is 34.2. The Bertz CT molecular complexity index is 3370. The van der Waals surface area contributed by atoms with Crippen molar-refractivity contribution in [1.29, 1.82) is 0 Å². The van der Waals surface area contributed by atoms with Gasteiger partial charge in [0, 0.05) is 56.3 Å². The monoisotopic (exact) mass is 960 g/mol. The Hall–Kier alpha value is -6.00. The van der Waals surface area contributed by atoms with Crippen LogP contribution in [0, 0.1) is 0 Å². The van der Waals surface area contributed by atoms with Crippen molar-refractivity contribution in [3.05, 3.63) is 172 Å². The molecule has 7 aromatic carbocycles. The van der Waals surface area contributed by atoms with E-state index in [0.29, 0.717) is 0 Å². The van der Waals surface area contributed by atoms with E-state index in [9.17, 15) is 0 Å². The minimum absolute atomic E-state index is 0.0274. The summed E-state index contributed by atoms with van der Waals surface area (Å²) in [5.74, 6) is 0. The third-order valence-corrected chi connectivity index (χ3v) is 18.8. The number of anilines is 8. The quantitative estimate of drug-likeness (QED) is 0.163. The molecule has 5 aliphatic rings. The number of nitrogens with zero attached hydrogens (tertiary/aromatic N) is 3. The molecule has 0 N–H and O–H groups in total. The Morgan fingerprint density at radius 2 is 0.945 bits per heavy atom. The summed E-state index contributed by atoms with van der Waals surface area (Å²) in [5, 5.41) is 0. The maximum Gasteiger partial charge on any atom is 0.252 e. The molecule has 4 aliphatic heterocycles. The van der Waals surface area contributed by atoms with Gasteiger partial charge in [-0.1, -0.05) is 189 Å². The summed E-state index contributed by atoms with van der Waals surface area (Å²) in [5.41, 5.74) is 26.4. The highest BCUT2D eigenvalue weighted by molar-refractivity contribution is 7.01. The lowest BCUT2D eigenvalue weighted by atomic mass is 9.28. The van der Waals surface area contributed by atoms with E-state index in [1.54, 1.807) is 0 Å². The molecule has 4 heteroatoms. The lowest BCUT2D eigenvalue weighted by molar-refractivity contribution is 0.195.